The van der Waals surface area contributed by atoms with Gasteiger partial charge in [-0.25, -0.2) is 4.79 Å². The lowest BCUT2D eigenvalue weighted by molar-refractivity contribution is -0.132. The van der Waals surface area contributed by atoms with Gasteiger partial charge >= 0.3 is 5.97 Å². The third kappa shape index (κ3) is 11.4. The van der Waals surface area contributed by atoms with Gasteiger partial charge in [0, 0.05) is 18.0 Å². The van der Waals surface area contributed by atoms with E-state index in [2.05, 4.69) is 25.3 Å². The summed E-state index contributed by atoms with van der Waals surface area (Å²) < 4.78 is 0. The van der Waals surface area contributed by atoms with Crippen LogP contribution in [0, 0.1) is 0 Å². The molecule has 0 aliphatic heterocycles. The molecular weight excluding hydrogens is 214 g/mol. The van der Waals surface area contributed by atoms with Crippen molar-refractivity contribution in [3.05, 3.63) is 12.2 Å². The second kappa shape index (κ2) is 11.5. The van der Waals surface area contributed by atoms with Crippen LogP contribution in [0.25, 0.3) is 0 Å². The second-order valence-corrected chi connectivity index (χ2v) is 3.49. The number of nitrogens with zero attached hydrogens (tertiary/aromatic N) is 1. The van der Waals surface area contributed by atoms with Gasteiger partial charge in [0.15, 0.2) is 0 Å². The van der Waals surface area contributed by atoms with E-state index in [9.17, 15) is 4.79 Å². The quantitative estimate of drug-likeness (QED) is 0.568. The van der Waals surface area contributed by atoms with Crippen LogP contribution in [-0.4, -0.2) is 41.5 Å². The lowest BCUT2D eigenvalue weighted by Gasteiger charge is -2.17. The highest BCUT2D eigenvalue weighted by Crippen LogP contribution is 2.00. The zero-order valence-electron chi connectivity index (χ0n) is 9.92. The number of halogens is 1. The summed E-state index contributed by atoms with van der Waals surface area (Å²) in [4.78, 5) is 12.5. The van der Waals surface area contributed by atoms with Crippen molar-refractivity contribution in [3.63, 3.8) is 0 Å². The summed E-state index contributed by atoms with van der Waals surface area (Å²) >= 11 is 5.00. The zero-order valence-corrected chi connectivity index (χ0v) is 10.7. The maximum absolute atomic E-state index is 10.4. The van der Waals surface area contributed by atoms with Gasteiger partial charge in [-0.05, 0) is 19.5 Å². The SMILES string of the molecule is C=C(CCN(CC)CC)C(=O)O.CCCl. The third-order valence-corrected chi connectivity index (χ3v) is 1.93. The van der Waals surface area contributed by atoms with Gasteiger partial charge in [0.05, 0.1) is 0 Å². The summed E-state index contributed by atoms with van der Waals surface area (Å²) in [5.74, 6) is -0.165. The fraction of sp³-hybridized carbons (Fsp3) is 0.727. The second-order valence-electron chi connectivity index (χ2n) is 2.95. The van der Waals surface area contributed by atoms with Crippen LogP contribution < -0.4 is 0 Å². The molecule has 0 heterocycles. The van der Waals surface area contributed by atoms with Gasteiger partial charge in [0.25, 0.3) is 0 Å². The van der Waals surface area contributed by atoms with Crippen LogP contribution in [0.5, 0.6) is 0 Å². The van der Waals surface area contributed by atoms with E-state index in [0.717, 1.165) is 25.5 Å². The topological polar surface area (TPSA) is 40.5 Å². The van der Waals surface area contributed by atoms with Crippen molar-refractivity contribution in [2.75, 3.05) is 25.5 Å². The van der Waals surface area contributed by atoms with Gasteiger partial charge in [-0.3, -0.25) is 0 Å². The monoisotopic (exact) mass is 235 g/mol. The molecule has 0 fully saturated rings. The molecule has 0 aliphatic rings. The van der Waals surface area contributed by atoms with Crippen LogP contribution in [-0.2, 0) is 4.79 Å². The first-order valence-electron chi connectivity index (χ1n) is 5.22. The summed E-state index contributed by atoms with van der Waals surface area (Å²) in [6.07, 6.45) is 0.553. The Morgan fingerprint density at radius 2 is 1.73 bits per heavy atom. The molecule has 15 heavy (non-hydrogen) atoms. The number of hydrogen-bond acceptors (Lipinski definition) is 2. The van der Waals surface area contributed by atoms with E-state index < -0.39 is 5.97 Å². The summed E-state index contributed by atoms with van der Waals surface area (Å²) in [5, 5.41) is 8.52. The van der Waals surface area contributed by atoms with Crippen LogP contribution in [0.3, 0.4) is 0 Å². The van der Waals surface area contributed by atoms with Crippen molar-refractivity contribution in [3.8, 4) is 0 Å². The molecule has 0 spiro atoms. The molecule has 0 aromatic rings. The first-order chi connectivity index (χ1) is 7.03. The molecule has 0 aliphatic carbocycles. The van der Waals surface area contributed by atoms with Crippen molar-refractivity contribution < 1.29 is 9.90 Å². The minimum absolute atomic E-state index is 0.293. The highest BCUT2D eigenvalue weighted by molar-refractivity contribution is 6.17. The molecule has 0 radical (unpaired) electrons. The molecule has 0 bridgehead atoms. The Bertz CT molecular complexity index is 179. The molecule has 0 amide bonds. The van der Waals surface area contributed by atoms with Gasteiger partial charge in [0.1, 0.15) is 0 Å². The highest BCUT2D eigenvalue weighted by Gasteiger charge is 2.05. The summed E-state index contributed by atoms with van der Waals surface area (Å²) in [7, 11) is 0. The van der Waals surface area contributed by atoms with Crippen LogP contribution >= 0.6 is 11.6 Å². The molecular formula is C11H22ClNO2. The number of rotatable bonds is 6. The minimum atomic E-state index is -0.887. The lowest BCUT2D eigenvalue weighted by Crippen LogP contribution is -2.24. The zero-order chi connectivity index (χ0) is 12.3. The Morgan fingerprint density at radius 3 is 2.00 bits per heavy atom. The number of hydrogen-bond donors (Lipinski definition) is 1. The Balaban J connectivity index is 0. The molecule has 90 valence electrons. The van der Waals surface area contributed by atoms with E-state index in [0.29, 0.717) is 12.0 Å². The molecule has 0 saturated carbocycles. The molecule has 0 rings (SSSR count). The molecule has 0 saturated heterocycles. The van der Waals surface area contributed by atoms with Crippen molar-refractivity contribution in [1.29, 1.82) is 0 Å². The number of carboxylic acids is 1. The third-order valence-electron chi connectivity index (χ3n) is 1.93. The minimum Gasteiger partial charge on any atom is -0.478 e. The average Bonchev–Trinajstić information content (AvgIpc) is 2.20. The number of carbonyl (C=O) groups is 1. The van der Waals surface area contributed by atoms with Gasteiger partial charge < -0.3 is 10.0 Å². The van der Waals surface area contributed by atoms with Crippen LogP contribution in [0.4, 0.5) is 0 Å². The first-order valence-corrected chi connectivity index (χ1v) is 5.76. The number of carboxylic acid groups (broad SMARTS) is 1. The van der Waals surface area contributed by atoms with Crippen molar-refractivity contribution in [2.24, 2.45) is 0 Å². The maximum atomic E-state index is 10.4. The lowest BCUT2D eigenvalue weighted by atomic mass is 10.2. The van der Waals surface area contributed by atoms with E-state index in [1.165, 1.54) is 0 Å². The van der Waals surface area contributed by atoms with Crippen molar-refractivity contribution >= 4 is 17.6 Å². The van der Waals surface area contributed by atoms with Crippen LogP contribution in [0.1, 0.15) is 27.2 Å². The fourth-order valence-electron chi connectivity index (χ4n) is 0.940. The standard InChI is InChI=1S/C9H17NO2.C2H5Cl/c1-4-10(5-2)7-6-8(3)9(11)12;1-2-3/h3-7H2,1-2H3,(H,11,12);2H2,1H3. The van der Waals surface area contributed by atoms with Gasteiger partial charge in [-0.1, -0.05) is 27.4 Å². The Morgan fingerprint density at radius 1 is 1.33 bits per heavy atom. The molecule has 0 aromatic carbocycles. The molecule has 4 heteroatoms. The average molecular weight is 236 g/mol. The fourth-order valence-corrected chi connectivity index (χ4v) is 0.940. The molecule has 0 aromatic heterocycles. The van der Waals surface area contributed by atoms with Gasteiger partial charge in [-0.2, -0.15) is 0 Å². The number of aliphatic carboxylic acids is 1. The predicted octanol–water partition coefficient (Wildman–Crippen LogP) is 2.60. The first kappa shape index (κ1) is 16.9. The summed E-state index contributed by atoms with van der Waals surface area (Å²) in [6.45, 7) is 12.2. The predicted molar refractivity (Wildman–Crippen MR) is 65.6 cm³/mol. The summed E-state index contributed by atoms with van der Waals surface area (Å²) in [5.41, 5.74) is 0.293. The molecule has 0 unspecified atom stereocenters. The Hall–Kier alpha value is -0.540. The highest BCUT2D eigenvalue weighted by atomic mass is 35.5. The van der Waals surface area contributed by atoms with Gasteiger partial charge in [0.2, 0.25) is 0 Å². The van der Waals surface area contributed by atoms with E-state index in [1.54, 1.807) is 0 Å². The largest absolute Gasteiger partial charge is 0.478 e. The van der Waals surface area contributed by atoms with E-state index in [1.807, 2.05) is 6.92 Å². The molecule has 1 N–H and O–H groups in total. The normalized spacial score (nSPS) is 9.40. The van der Waals surface area contributed by atoms with E-state index in [-0.39, 0.29) is 0 Å². The molecule has 0 atom stereocenters. The van der Waals surface area contributed by atoms with Crippen molar-refractivity contribution in [1.82, 2.24) is 4.90 Å². The van der Waals surface area contributed by atoms with E-state index >= 15 is 0 Å². The Kier molecular flexibility index (Phi) is 13.0. The van der Waals surface area contributed by atoms with Crippen molar-refractivity contribution in [2.45, 2.75) is 27.2 Å². The number of alkyl halides is 1. The smallest absolute Gasteiger partial charge is 0.331 e. The maximum Gasteiger partial charge on any atom is 0.331 e. The van der Waals surface area contributed by atoms with Crippen LogP contribution in [0.2, 0.25) is 0 Å². The summed E-state index contributed by atoms with van der Waals surface area (Å²) in [6, 6.07) is 0. The van der Waals surface area contributed by atoms with Gasteiger partial charge in [-0.15, -0.1) is 11.6 Å². The van der Waals surface area contributed by atoms with E-state index in [4.69, 9.17) is 16.7 Å². The van der Waals surface area contributed by atoms with Crippen LogP contribution in [0.15, 0.2) is 12.2 Å². The Labute approximate surface area is 97.7 Å². The molecule has 3 nitrogen and oxygen atoms in total.